The number of phenolic OH excluding ortho intramolecular Hbond substituents is 1. The van der Waals surface area contributed by atoms with Crippen molar-refractivity contribution in [2.75, 3.05) is 0 Å². The second-order valence-electron chi connectivity index (χ2n) is 3.49. The number of nitro benzene ring substituents is 1. The van der Waals surface area contributed by atoms with Gasteiger partial charge in [-0.2, -0.15) is 0 Å². The van der Waals surface area contributed by atoms with Crippen molar-refractivity contribution in [3.05, 3.63) is 46.5 Å². The van der Waals surface area contributed by atoms with Crippen LogP contribution in [0.5, 0.6) is 5.75 Å². The second kappa shape index (κ2) is 5.27. The molecule has 1 rings (SSSR count). The lowest BCUT2D eigenvalue weighted by Crippen LogP contribution is -2.22. The van der Waals surface area contributed by atoms with Crippen molar-refractivity contribution in [2.24, 2.45) is 0 Å². The van der Waals surface area contributed by atoms with E-state index in [1.807, 2.05) is 6.92 Å². The minimum Gasteiger partial charge on any atom is -0.502 e. The maximum absolute atomic E-state index is 10.6. The van der Waals surface area contributed by atoms with Gasteiger partial charge in [-0.3, -0.25) is 10.1 Å². The lowest BCUT2D eigenvalue weighted by atomic mass is 10.2. The Hall–Kier alpha value is -1.88. The highest BCUT2D eigenvalue weighted by Crippen LogP contribution is 2.26. The molecule has 0 saturated carbocycles. The van der Waals surface area contributed by atoms with Gasteiger partial charge in [0.1, 0.15) is 0 Å². The van der Waals surface area contributed by atoms with Crippen molar-refractivity contribution in [2.45, 2.75) is 19.5 Å². The number of benzene rings is 1. The van der Waals surface area contributed by atoms with Gasteiger partial charge < -0.3 is 10.4 Å². The maximum Gasteiger partial charge on any atom is 0.311 e. The summed E-state index contributed by atoms with van der Waals surface area (Å²) >= 11 is 0. The molecule has 5 nitrogen and oxygen atoms in total. The molecule has 1 aromatic rings. The number of hydrogen-bond donors (Lipinski definition) is 2. The van der Waals surface area contributed by atoms with Crippen molar-refractivity contribution < 1.29 is 10.0 Å². The standard InChI is InChI=1S/C11H14N2O3/c1-3-8(2)12-7-9-4-5-11(14)10(6-9)13(15)16/h3-6,8,12,14H,1,7H2,2H3. The van der Waals surface area contributed by atoms with E-state index < -0.39 is 4.92 Å². The number of nitrogens with one attached hydrogen (secondary N) is 1. The Bertz CT molecular complexity index is 404. The number of hydrogen-bond acceptors (Lipinski definition) is 4. The average Bonchev–Trinajstić information content (AvgIpc) is 2.27. The summed E-state index contributed by atoms with van der Waals surface area (Å²) in [5.74, 6) is -0.314. The molecule has 0 amide bonds. The fraction of sp³-hybridized carbons (Fsp3) is 0.273. The minimum atomic E-state index is -0.601. The first kappa shape index (κ1) is 12.2. The van der Waals surface area contributed by atoms with Crippen LogP contribution in [0.2, 0.25) is 0 Å². The zero-order valence-electron chi connectivity index (χ0n) is 9.01. The fourth-order valence-corrected chi connectivity index (χ4v) is 1.19. The van der Waals surface area contributed by atoms with E-state index in [1.165, 1.54) is 12.1 Å². The molecule has 0 heterocycles. The van der Waals surface area contributed by atoms with E-state index in [9.17, 15) is 15.2 Å². The molecule has 2 N–H and O–H groups in total. The second-order valence-corrected chi connectivity index (χ2v) is 3.49. The van der Waals surface area contributed by atoms with Crippen LogP contribution >= 0.6 is 0 Å². The number of nitrogens with zero attached hydrogens (tertiary/aromatic N) is 1. The molecule has 16 heavy (non-hydrogen) atoms. The Morgan fingerprint density at radius 1 is 1.69 bits per heavy atom. The summed E-state index contributed by atoms with van der Waals surface area (Å²) in [4.78, 5) is 9.98. The lowest BCUT2D eigenvalue weighted by Gasteiger charge is -2.08. The zero-order valence-corrected chi connectivity index (χ0v) is 9.01. The molecule has 0 aliphatic carbocycles. The molecule has 0 bridgehead atoms. The molecule has 0 saturated heterocycles. The Kier molecular flexibility index (Phi) is 4.02. The van der Waals surface area contributed by atoms with Crippen LogP contribution in [-0.2, 0) is 6.54 Å². The van der Waals surface area contributed by atoms with Crippen LogP contribution in [0, 0.1) is 10.1 Å². The van der Waals surface area contributed by atoms with Gasteiger partial charge in [0.2, 0.25) is 0 Å². The highest BCUT2D eigenvalue weighted by molar-refractivity contribution is 5.47. The summed E-state index contributed by atoms with van der Waals surface area (Å²) in [5.41, 5.74) is 0.476. The molecule has 86 valence electrons. The summed E-state index contributed by atoms with van der Waals surface area (Å²) < 4.78 is 0. The van der Waals surface area contributed by atoms with Crippen molar-refractivity contribution in [1.29, 1.82) is 0 Å². The monoisotopic (exact) mass is 222 g/mol. The largest absolute Gasteiger partial charge is 0.502 e. The van der Waals surface area contributed by atoms with E-state index in [0.717, 1.165) is 5.56 Å². The van der Waals surface area contributed by atoms with Gasteiger partial charge in [-0.1, -0.05) is 12.1 Å². The van der Waals surface area contributed by atoms with E-state index in [4.69, 9.17) is 0 Å². The fourth-order valence-electron chi connectivity index (χ4n) is 1.19. The van der Waals surface area contributed by atoms with Crippen molar-refractivity contribution in [3.8, 4) is 5.75 Å². The van der Waals surface area contributed by atoms with Gasteiger partial charge >= 0.3 is 5.69 Å². The van der Waals surface area contributed by atoms with Gasteiger partial charge in [0.25, 0.3) is 0 Å². The number of phenols is 1. The Balaban J connectivity index is 2.79. The Labute approximate surface area is 93.6 Å². The number of nitro groups is 1. The Morgan fingerprint density at radius 3 is 2.94 bits per heavy atom. The molecular formula is C11H14N2O3. The van der Waals surface area contributed by atoms with Crippen LogP contribution in [0.25, 0.3) is 0 Å². The topological polar surface area (TPSA) is 75.4 Å². The van der Waals surface area contributed by atoms with Crippen LogP contribution in [0.4, 0.5) is 5.69 Å². The van der Waals surface area contributed by atoms with E-state index in [1.54, 1.807) is 12.1 Å². The molecule has 0 spiro atoms. The van der Waals surface area contributed by atoms with E-state index in [2.05, 4.69) is 11.9 Å². The van der Waals surface area contributed by atoms with Gasteiger partial charge in [0.15, 0.2) is 5.75 Å². The first-order valence-electron chi connectivity index (χ1n) is 4.87. The molecule has 0 aliphatic heterocycles. The first-order chi connectivity index (χ1) is 7.54. The van der Waals surface area contributed by atoms with Gasteiger partial charge in [0.05, 0.1) is 4.92 Å². The normalized spacial score (nSPS) is 12.1. The predicted octanol–water partition coefficient (Wildman–Crippen LogP) is 1.96. The van der Waals surface area contributed by atoms with Crippen LogP contribution in [0.3, 0.4) is 0 Å². The minimum absolute atomic E-state index is 0.132. The summed E-state index contributed by atoms with van der Waals surface area (Å²) in [6.07, 6.45) is 1.74. The number of rotatable bonds is 5. The summed E-state index contributed by atoms with van der Waals surface area (Å²) in [6.45, 7) is 6.05. The van der Waals surface area contributed by atoms with E-state index in [-0.39, 0.29) is 17.5 Å². The smallest absolute Gasteiger partial charge is 0.311 e. The zero-order chi connectivity index (χ0) is 12.1. The molecule has 1 unspecified atom stereocenters. The first-order valence-corrected chi connectivity index (χ1v) is 4.87. The van der Waals surface area contributed by atoms with E-state index >= 15 is 0 Å². The molecular weight excluding hydrogens is 208 g/mol. The van der Waals surface area contributed by atoms with Crippen molar-refractivity contribution in [3.63, 3.8) is 0 Å². The molecule has 0 fully saturated rings. The van der Waals surface area contributed by atoms with Crippen LogP contribution in [-0.4, -0.2) is 16.1 Å². The molecule has 5 heteroatoms. The Morgan fingerprint density at radius 2 is 2.38 bits per heavy atom. The van der Waals surface area contributed by atoms with Crippen LogP contribution in [0.1, 0.15) is 12.5 Å². The van der Waals surface area contributed by atoms with Crippen LogP contribution in [0.15, 0.2) is 30.9 Å². The summed E-state index contributed by atoms with van der Waals surface area (Å²) in [6, 6.07) is 4.46. The van der Waals surface area contributed by atoms with E-state index in [0.29, 0.717) is 6.54 Å². The molecule has 0 radical (unpaired) electrons. The van der Waals surface area contributed by atoms with Gasteiger partial charge in [-0.15, -0.1) is 6.58 Å². The molecule has 1 aromatic carbocycles. The van der Waals surface area contributed by atoms with Gasteiger partial charge in [0, 0.05) is 18.7 Å². The maximum atomic E-state index is 10.6. The quantitative estimate of drug-likeness (QED) is 0.453. The van der Waals surface area contributed by atoms with Crippen LogP contribution < -0.4 is 5.32 Å². The molecule has 0 aromatic heterocycles. The number of aromatic hydroxyl groups is 1. The summed E-state index contributed by atoms with van der Waals surface area (Å²) in [5, 5.41) is 22.9. The van der Waals surface area contributed by atoms with Crippen molar-refractivity contribution in [1.82, 2.24) is 5.32 Å². The molecule has 1 atom stereocenters. The third kappa shape index (κ3) is 3.06. The molecule has 0 aliphatic rings. The highest BCUT2D eigenvalue weighted by Gasteiger charge is 2.13. The van der Waals surface area contributed by atoms with Crippen molar-refractivity contribution >= 4 is 5.69 Å². The van der Waals surface area contributed by atoms with Gasteiger partial charge in [-0.25, -0.2) is 0 Å². The highest BCUT2D eigenvalue weighted by atomic mass is 16.6. The predicted molar refractivity (Wildman–Crippen MR) is 61.3 cm³/mol. The SMILES string of the molecule is C=CC(C)NCc1ccc(O)c([N+](=O)[O-])c1. The summed E-state index contributed by atoms with van der Waals surface area (Å²) in [7, 11) is 0. The third-order valence-electron chi connectivity index (χ3n) is 2.22. The lowest BCUT2D eigenvalue weighted by molar-refractivity contribution is -0.385. The van der Waals surface area contributed by atoms with Gasteiger partial charge in [-0.05, 0) is 18.6 Å². The average molecular weight is 222 g/mol. The third-order valence-corrected chi connectivity index (χ3v) is 2.22.